The largest absolute Gasteiger partial charge is 0.418 e. The number of hydrogen-bond acceptors (Lipinski definition) is 2. The van der Waals surface area contributed by atoms with Crippen LogP contribution in [0.5, 0.6) is 5.88 Å². The molecule has 2 aromatic heterocycles. The summed E-state index contributed by atoms with van der Waals surface area (Å²) in [6, 6.07) is 11.6. The van der Waals surface area contributed by atoms with Crippen molar-refractivity contribution in [3.05, 3.63) is 64.8 Å². The van der Waals surface area contributed by atoms with Gasteiger partial charge in [-0.05, 0) is 37.5 Å². The molecule has 0 aliphatic rings. The number of carbonyl (C=O) groups is 1. The van der Waals surface area contributed by atoms with Gasteiger partial charge < -0.3 is 20.0 Å². The highest BCUT2D eigenvalue weighted by Crippen LogP contribution is 2.36. The molecule has 0 spiro atoms. The highest BCUT2D eigenvalue weighted by atomic mass is 19.4. The lowest BCUT2D eigenvalue weighted by molar-refractivity contribution is -0.136. The quantitative estimate of drug-likeness (QED) is 0.405. The van der Waals surface area contributed by atoms with Crippen molar-refractivity contribution < 1.29 is 22.7 Å². The Hall–Kier alpha value is -3.42. The molecule has 0 fully saturated rings. The first kappa shape index (κ1) is 19.9. The first-order valence-corrected chi connectivity index (χ1v) is 9.45. The third kappa shape index (κ3) is 3.72. The Morgan fingerprint density at radius 2 is 1.83 bits per heavy atom. The molecular formula is C22H20F3N3O2. The Kier molecular flexibility index (Phi) is 4.93. The van der Waals surface area contributed by atoms with Gasteiger partial charge in [0, 0.05) is 29.1 Å². The number of benzene rings is 2. The first-order chi connectivity index (χ1) is 14.2. The molecule has 30 heavy (non-hydrogen) atoms. The van der Waals surface area contributed by atoms with Gasteiger partial charge in [-0.2, -0.15) is 13.2 Å². The number of fused-ring (bicyclic) bond motifs is 2. The minimum atomic E-state index is -4.44. The molecule has 3 N–H and O–H groups in total. The van der Waals surface area contributed by atoms with Crippen LogP contribution in [0.15, 0.2) is 42.5 Å². The number of aryl methyl sites for hydroxylation is 2. The van der Waals surface area contributed by atoms with E-state index in [1.807, 2.05) is 25.1 Å². The van der Waals surface area contributed by atoms with E-state index < -0.39 is 17.8 Å². The third-order valence-corrected chi connectivity index (χ3v) is 5.15. The monoisotopic (exact) mass is 415 g/mol. The second-order valence-electron chi connectivity index (χ2n) is 7.19. The van der Waals surface area contributed by atoms with Crippen LogP contribution < -0.4 is 10.1 Å². The number of para-hydroxylation sites is 2. The number of aromatic nitrogens is 2. The Morgan fingerprint density at radius 1 is 1.07 bits per heavy atom. The zero-order valence-electron chi connectivity index (χ0n) is 16.4. The van der Waals surface area contributed by atoms with E-state index in [9.17, 15) is 18.0 Å². The molecule has 8 heteroatoms. The number of aromatic amines is 2. The van der Waals surface area contributed by atoms with Crippen molar-refractivity contribution in [3.63, 3.8) is 0 Å². The summed E-state index contributed by atoms with van der Waals surface area (Å²) in [4.78, 5) is 18.0. The van der Waals surface area contributed by atoms with Gasteiger partial charge in [-0.15, -0.1) is 0 Å². The predicted octanol–water partition coefficient (Wildman–Crippen LogP) is 5.62. The predicted molar refractivity (Wildman–Crippen MR) is 109 cm³/mol. The Morgan fingerprint density at radius 3 is 2.57 bits per heavy atom. The van der Waals surface area contributed by atoms with E-state index in [0.717, 1.165) is 28.1 Å². The van der Waals surface area contributed by atoms with Crippen molar-refractivity contribution in [2.75, 3.05) is 6.54 Å². The smallest absolute Gasteiger partial charge is 0.393 e. The van der Waals surface area contributed by atoms with E-state index in [1.54, 1.807) is 19.1 Å². The zero-order chi connectivity index (χ0) is 21.5. The summed E-state index contributed by atoms with van der Waals surface area (Å²) >= 11 is 0. The Bertz CT molecular complexity index is 1240. The molecule has 0 aliphatic heterocycles. The second-order valence-corrected chi connectivity index (χ2v) is 7.19. The van der Waals surface area contributed by atoms with Crippen molar-refractivity contribution in [2.45, 2.75) is 26.4 Å². The number of H-pyrrole nitrogens is 2. The number of ether oxygens (including phenoxy) is 1. The van der Waals surface area contributed by atoms with Gasteiger partial charge in [0.2, 0.25) is 5.88 Å². The van der Waals surface area contributed by atoms with Crippen LogP contribution in [0.3, 0.4) is 0 Å². The standard InChI is InChI=1S/C22H20F3N3O2/c1-12-5-3-6-14-11-18(28-19(12)14)30-21(29)26-10-9-15-13(2)27-20-16(15)7-4-8-17(20)22(23,24)25/h3-8,11,27-28H,9-10H2,1-2H3,(H,26,29). The molecule has 0 aliphatic carbocycles. The van der Waals surface area contributed by atoms with Crippen molar-refractivity contribution in [1.29, 1.82) is 0 Å². The van der Waals surface area contributed by atoms with Crippen LogP contribution in [0.25, 0.3) is 21.8 Å². The van der Waals surface area contributed by atoms with Crippen LogP contribution in [-0.2, 0) is 12.6 Å². The molecule has 0 saturated carbocycles. The average molecular weight is 415 g/mol. The highest BCUT2D eigenvalue weighted by molar-refractivity contribution is 5.88. The minimum absolute atomic E-state index is 0.0634. The summed E-state index contributed by atoms with van der Waals surface area (Å²) in [6.07, 6.45) is -4.70. The van der Waals surface area contributed by atoms with Crippen LogP contribution >= 0.6 is 0 Å². The number of alkyl halides is 3. The minimum Gasteiger partial charge on any atom is -0.393 e. The summed E-state index contributed by atoms with van der Waals surface area (Å²) < 4.78 is 45.0. The molecule has 0 bridgehead atoms. The maximum Gasteiger partial charge on any atom is 0.418 e. The number of halogens is 3. The summed E-state index contributed by atoms with van der Waals surface area (Å²) in [5.74, 6) is 0.329. The Balaban J connectivity index is 1.44. The number of hydrogen-bond donors (Lipinski definition) is 3. The third-order valence-electron chi connectivity index (χ3n) is 5.15. The lowest BCUT2D eigenvalue weighted by Gasteiger charge is -2.08. The molecule has 0 atom stereocenters. The summed E-state index contributed by atoms with van der Waals surface area (Å²) in [7, 11) is 0. The van der Waals surface area contributed by atoms with Gasteiger partial charge in [0.15, 0.2) is 0 Å². The summed E-state index contributed by atoms with van der Waals surface area (Å²) in [5, 5.41) is 4.09. The molecule has 0 radical (unpaired) electrons. The van der Waals surface area contributed by atoms with Gasteiger partial charge in [-0.25, -0.2) is 4.79 Å². The fourth-order valence-corrected chi connectivity index (χ4v) is 3.72. The van der Waals surface area contributed by atoms with E-state index in [4.69, 9.17) is 4.74 Å². The molecule has 5 nitrogen and oxygen atoms in total. The first-order valence-electron chi connectivity index (χ1n) is 9.45. The normalized spacial score (nSPS) is 11.9. The highest BCUT2D eigenvalue weighted by Gasteiger charge is 2.33. The SMILES string of the molecule is Cc1[nH]c2c(C(F)(F)F)cccc2c1CCNC(=O)Oc1cc2cccc(C)c2[nH]1. The number of nitrogens with one attached hydrogen (secondary N) is 3. The van der Waals surface area contributed by atoms with Gasteiger partial charge in [0.25, 0.3) is 0 Å². The van der Waals surface area contributed by atoms with Gasteiger partial charge in [-0.3, -0.25) is 0 Å². The molecule has 1 amide bonds. The zero-order valence-corrected chi connectivity index (χ0v) is 16.4. The van der Waals surface area contributed by atoms with Crippen LogP contribution in [0.2, 0.25) is 0 Å². The van der Waals surface area contributed by atoms with Crippen LogP contribution in [-0.4, -0.2) is 22.6 Å². The molecule has 0 unspecified atom stereocenters. The van der Waals surface area contributed by atoms with Crippen molar-refractivity contribution >= 4 is 27.9 Å². The molecule has 4 aromatic rings. The molecule has 156 valence electrons. The second kappa shape index (κ2) is 7.44. The fraction of sp³-hybridized carbons (Fsp3) is 0.227. The lowest BCUT2D eigenvalue weighted by Crippen LogP contribution is -2.28. The van der Waals surface area contributed by atoms with Crippen LogP contribution in [0, 0.1) is 13.8 Å². The van der Waals surface area contributed by atoms with Crippen molar-refractivity contribution in [3.8, 4) is 5.88 Å². The van der Waals surface area contributed by atoms with Gasteiger partial charge in [-0.1, -0.05) is 30.3 Å². The van der Waals surface area contributed by atoms with E-state index in [2.05, 4.69) is 15.3 Å². The molecule has 4 rings (SSSR count). The molecule has 0 saturated heterocycles. The molecule has 2 heterocycles. The number of amides is 1. The maximum atomic E-state index is 13.2. The lowest BCUT2D eigenvalue weighted by atomic mass is 10.1. The average Bonchev–Trinajstić information content (AvgIpc) is 3.22. The van der Waals surface area contributed by atoms with Crippen LogP contribution in [0.4, 0.5) is 18.0 Å². The maximum absolute atomic E-state index is 13.2. The Labute approximate surface area is 170 Å². The van der Waals surface area contributed by atoms with E-state index in [-0.39, 0.29) is 12.1 Å². The topological polar surface area (TPSA) is 69.9 Å². The van der Waals surface area contributed by atoms with Crippen LogP contribution in [0.1, 0.15) is 22.4 Å². The number of carbonyl (C=O) groups excluding carboxylic acids is 1. The van der Waals surface area contributed by atoms with Gasteiger partial charge in [0.05, 0.1) is 16.6 Å². The fourth-order valence-electron chi connectivity index (χ4n) is 3.72. The van der Waals surface area contributed by atoms with Gasteiger partial charge in [0.1, 0.15) is 0 Å². The van der Waals surface area contributed by atoms with Crippen molar-refractivity contribution in [1.82, 2.24) is 15.3 Å². The van der Waals surface area contributed by atoms with E-state index in [0.29, 0.717) is 23.4 Å². The van der Waals surface area contributed by atoms with E-state index in [1.165, 1.54) is 6.07 Å². The molecular weight excluding hydrogens is 395 g/mol. The molecule has 2 aromatic carbocycles. The summed E-state index contributed by atoms with van der Waals surface area (Å²) in [5.41, 5.74) is 2.68. The van der Waals surface area contributed by atoms with Crippen molar-refractivity contribution in [2.24, 2.45) is 0 Å². The summed E-state index contributed by atoms with van der Waals surface area (Å²) in [6.45, 7) is 3.90. The van der Waals surface area contributed by atoms with E-state index >= 15 is 0 Å². The van der Waals surface area contributed by atoms with Gasteiger partial charge >= 0.3 is 12.3 Å². The number of rotatable bonds is 4.